The van der Waals surface area contributed by atoms with Crippen molar-refractivity contribution in [3.63, 3.8) is 0 Å². The van der Waals surface area contributed by atoms with E-state index in [0.29, 0.717) is 23.6 Å². The fraction of sp³-hybridized carbons (Fsp3) is 0.462. The Bertz CT molecular complexity index is 432. The second-order valence-corrected chi connectivity index (χ2v) is 4.88. The Morgan fingerprint density at radius 3 is 2.67 bits per heavy atom. The molecule has 0 aliphatic heterocycles. The van der Waals surface area contributed by atoms with Gasteiger partial charge in [0.2, 0.25) is 0 Å². The van der Waals surface area contributed by atoms with Crippen LogP contribution in [0, 0.1) is 11.7 Å². The smallest absolute Gasteiger partial charge is 0.170 e. The van der Waals surface area contributed by atoms with Crippen LogP contribution < -0.4 is 5.73 Å². The zero-order chi connectivity index (χ0) is 13.7. The predicted molar refractivity (Wildman–Crippen MR) is 70.1 cm³/mol. The average Bonchev–Trinajstić information content (AvgIpc) is 2.29. The lowest BCUT2D eigenvalue weighted by atomic mass is 10.1. The van der Waals surface area contributed by atoms with Gasteiger partial charge in [0.25, 0.3) is 0 Å². The molecule has 0 unspecified atom stereocenters. The standard InChI is InChI=1S/C13H20FN3O/c1-9(2)7-17(3)8-11-5-4-10(6-12(11)14)13(15)16-18/h4-6,9,18H,7-8H2,1-3H3,(H2,15,16). The third-order valence-corrected chi connectivity index (χ3v) is 2.57. The molecular formula is C13H20FN3O. The Kier molecular flexibility index (Phi) is 5.09. The molecule has 1 aromatic rings. The molecule has 0 radical (unpaired) electrons. The van der Waals surface area contributed by atoms with Gasteiger partial charge in [0.1, 0.15) is 5.82 Å². The van der Waals surface area contributed by atoms with Gasteiger partial charge in [-0.1, -0.05) is 31.1 Å². The third-order valence-electron chi connectivity index (χ3n) is 2.57. The van der Waals surface area contributed by atoms with E-state index in [1.54, 1.807) is 12.1 Å². The van der Waals surface area contributed by atoms with Gasteiger partial charge in [-0.3, -0.25) is 0 Å². The number of amidine groups is 1. The van der Waals surface area contributed by atoms with Gasteiger partial charge < -0.3 is 15.8 Å². The van der Waals surface area contributed by atoms with Crippen molar-refractivity contribution in [3.05, 3.63) is 35.1 Å². The minimum atomic E-state index is -0.338. The largest absolute Gasteiger partial charge is 0.409 e. The van der Waals surface area contributed by atoms with Crippen LogP contribution in [0.3, 0.4) is 0 Å². The number of hydrogen-bond donors (Lipinski definition) is 2. The summed E-state index contributed by atoms with van der Waals surface area (Å²) in [6.07, 6.45) is 0. The first-order chi connectivity index (χ1) is 8.43. The van der Waals surface area contributed by atoms with Gasteiger partial charge in [-0.15, -0.1) is 0 Å². The summed E-state index contributed by atoms with van der Waals surface area (Å²) in [5.74, 6) is 0.111. The van der Waals surface area contributed by atoms with Crippen molar-refractivity contribution in [2.75, 3.05) is 13.6 Å². The van der Waals surface area contributed by atoms with Crippen molar-refractivity contribution in [2.45, 2.75) is 20.4 Å². The van der Waals surface area contributed by atoms with Crippen LogP contribution in [0.5, 0.6) is 0 Å². The molecule has 100 valence electrons. The minimum Gasteiger partial charge on any atom is -0.409 e. The lowest BCUT2D eigenvalue weighted by Gasteiger charge is -2.19. The second-order valence-electron chi connectivity index (χ2n) is 4.88. The molecule has 3 N–H and O–H groups in total. The highest BCUT2D eigenvalue weighted by atomic mass is 19.1. The van der Waals surface area contributed by atoms with E-state index < -0.39 is 0 Å². The van der Waals surface area contributed by atoms with Crippen LogP contribution in [0.25, 0.3) is 0 Å². The van der Waals surface area contributed by atoms with Crippen LogP contribution in [0.1, 0.15) is 25.0 Å². The Morgan fingerprint density at radius 2 is 2.17 bits per heavy atom. The van der Waals surface area contributed by atoms with E-state index in [1.165, 1.54) is 6.07 Å². The van der Waals surface area contributed by atoms with Gasteiger partial charge in [-0.2, -0.15) is 0 Å². The zero-order valence-corrected chi connectivity index (χ0v) is 11.0. The van der Waals surface area contributed by atoms with Crippen molar-refractivity contribution < 1.29 is 9.60 Å². The van der Waals surface area contributed by atoms with E-state index in [0.717, 1.165) is 6.54 Å². The first kappa shape index (κ1) is 14.4. The van der Waals surface area contributed by atoms with Gasteiger partial charge >= 0.3 is 0 Å². The Labute approximate surface area is 107 Å². The molecule has 0 aromatic heterocycles. The van der Waals surface area contributed by atoms with E-state index >= 15 is 0 Å². The summed E-state index contributed by atoms with van der Waals surface area (Å²) in [7, 11) is 1.96. The molecule has 1 rings (SSSR count). The average molecular weight is 253 g/mol. The van der Waals surface area contributed by atoms with Gasteiger partial charge in [-0.05, 0) is 19.0 Å². The minimum absolute atomic E-state index is 0.0871. The number of nitrogens with two attached hydrogens (primary N) is 1. The number of hydrogen-bond acceptors (Lipinski definition) is 3. The molecule has 0 amide bonds. The van der Waals surface area contributed by atoms with Crippen LogP contribution in [-0.2, 0) is 6.54 Å². The summed E-state index contributed by atoms with van der Waals surface area (Å²) in [5, 5.41) is 11.4. The molecule has 0 saturated heterocycles. The summed E-state index contributed by atoms with van der Waals surface area (Å²) in [6, 6.07) is 4.60. The summed E-state index contributed by atoms with van der Waals surface area (Å²) in [5.41, 5.74) is 6.39. The van der Waals surface area contributed by atoms with E-state index in [9.17, 15) is 4.39 Å². The summed E-state index contributed by atoms with van der Waals surface area (Å²) in [4.78, 5) is 2.06. The summed E-state index contributed by atoms with van der Waals surface area (Å²) in [6.45, 7) is 5.69. The van der Waals surface area contributed by atoms with Crippen LogP contribution in [0.2, 0.25) is 0 Å². The molecule has 1 aromatic carbocycles. The predicted octanol–water partition coefficient (Wildman–Crippen LogP) is 2.01. The van der Waals surface area contributed by atoms with Crippen LogP contribution >= 0.6 is 0 Å². The van der Waals surface area contributed by atoms with Crippen molar-refractivity contribution >= 4 is 5.84 Å². The molecule has 4 nitrogen and oxygen atoms in total. The fourth-order valence-corrected chi connectivity index (χ4v) is 1.87. The molecule has 0 aliphatic rings. The maximum Gasteiger partial charge on any atom is 0.170 e. The maximum absolute atomic E-state index is 13.8. The lowest BCUT2D eigenvalue weighted by Crippen LogP contribution is -2.23. The SMILES string of the molecule is CC(C)CN(C)Cc1ccc(/C(N)=N/O)cc1F. The van der Waals surface area contributed by atoms with E-state index in [-0.39, 0.29) is 11.7 Å². The van der Waals surface area contributed by atoms with Crippen LogP contribution in [-0.4, -0.2) is 29.5 Å². The molecule has 18 heavy (non-hydrogen) atoms. The van der Waals surface area contributed by atoms with E-state index in [2.05, 4.69) is 23.9 Å². The molecule has 0 saturated carbocycles. The van der Waals surface area contributed by atoms with Crippen molar-refractivity contribution in [2.24, 2.45) is 16.8 Å². The highest BCUT2D eigenvalue weighted by molar-refractivity contribution is 5.97. The quantitative estimate of drug-likeness (QED) is 0.365. The maximum atomic E-state index is 13.8. The number of halogens is 1. The monoisotopic (exact) mass is 253 g/mol. The van der Waals surface area contributed by atoms with Gasteiger partial charge in [0.15, 0.2) is 5.84 Å². The molecule has 0 bridgehead atoms. The van der Waals surface area contributed by atoms with Crippen molar-refractivity contribution in [1.29, 1.82) is 0 Å². The lowest BCUT2D eigenvalue weighted by molar-refractivity contribution is 0.284. The summed E-state index contributed by atoms with van der Waals surface area (Å²) < 4.78 is 13.8. The normalized spacial score (nSPS) is 12.4. The molecule has 0 atom stereocenters. The highest BCUT2D eigenvalue weighted by Crippen LogP contribution is 2.13. The number of rotatable bonds is 5. The van der Waals surface area contributed by atoms with Crippen molar-refractivity contribution in [1.82, 2.24) is 4.90 Å². The first-order valence-electron chi connectivity index (χ1n) is 5.89. The second kappa shape index (κ2) is 6.35. The topological polar surface area (TPSA) is 61.8 Å². The molecule has 5 heteroatoms. The number of oxime groups is 1. The molecule has 0 fully saturated rings. The molecule has 0 heterocycles. The fourth-order valence-electron chi connectivity index (χ4n) is 1.87. The molecular weight excluding hydrogens is 233 g/mol. The number of nitrogens with zero attached hydrogens (tertiary/aromatic N) is 2. The van der Waals surface area contributed by atoms with Crippen LogP contribution in [0.15, 0.2) is 23.4 Å². The van der Waals surface area contributed by atoms with Gasteiger partial charge in [0, 0.05) is 24.2 Å². The first-order valence-corrected chi connectivity index (χ1v) is 5.89. The Morgan fingerprint density at radius 1 is 1.50 bits per heavy atom. The van der Waals surface area contributed by atoms with E-state index in [1.807, 2.05) is 7.05 Å². The number of benzene rings is 1. The van der Waals surface area contributed by atoms with E-state index in [4.69, 9.17) is 10.9 Å². The Hall–Kier alpha value is -1.62. The highest BCUT2D eigenvalue weighted by Gasteiger charge is 2.09. The van der Waals surface area contributed by atoms with Gasteiger partial charge in [-0.25, -0.2) is 4.39 Å². The molecule has 0 spiro atoms. The van der Waals surface area contributed by atoms with Crippen molar-refractivity contribution in [3.8, 4) is 0 Å². The van der Waals surface area contributed by atoms with Crippen LogP contribution in [0.4, 0.5) is 4.39 Å². The van der Waals surface area contributed by atoms with Gasteiger partial charge in [0.05, 0.1) is 0 Å². The molecule has 0 aliphatic carbocycles. The third kappa shape index (κ3) is 4.00. The summed E-state index contributed by atoms with van der Waals surface area (Å²) >= 11 is 0. The zero-order valence-electron chi connectivity index (χ0n) is 11.0. The Balaban J connectivity index is 2.80.